The number of nitrogens with zero attached hydrogens (tertiary/aromatic N) is 6. The van der Waals surface area contributed by atoms with Gasteiger partial charge in [-0.05, 0) is 100 Å². The number of H-pyrrole nitrogens is 2. The third kappa shape index (κ3) is 6.59. The SMILES string of the molecule is CN(C)CCC(=O)N1CCC[C@@H]1c1nc2ccc(-c3ccc(-c4ccc5nc([C@@H]6CCCN6C(=O)CCN(C)C)[nH]c5c4)cc3)cc2[nH]1. The number of aromatic nitrogens is 4. The Kier molecular flexibility index (Phi) is 9.02. The van der Waals surface area contributed by atoms with Crippen LogP contribution < -0.4 is 0 Å². The van der Waals surface area contributed by atoms with E-state index in [0.717, 1.165) is 108 Å². The number of rotatable bonds is 10. The molecule has 0 aliphatic carbocycles. The highest BCUT2D eigenvalue weighted by atomic mass is 16.2. The molecule has 0 saturated carbocycles. The summed E-state index contributed by atoms with van der Waals surface area (Å²) in [7, 11) is 7.99. The van der Waals surface area contributed by atoms with Crippen LogP contribution in [0, 0.1) is 0 Å². The lowest BCUT2D eigenvalue weighted by Gasteiger charge is -2.24. The monoisotopic (exact) mass is 646 g/mol. The Bertz CT molecular complexity index is 1790. The molecule has 10 nitrogen and oxygen atoms in total. The summed E-state index contributed by atoms with van der Waals surface area (Å²) in [6, 6.07) is 21.3. The van der Waals surface area contributed by atoms with Crippen molar-refractivity contribution in [2.75, 3.05) is 54.4 Å². The second-order valence-corrected chi connectivity index (χ2v) is 13.9. The van der Waals surface area contributed by atoms with Gasteiger partial charge in [0.25, 0.3) is 0 Å². The maximum Gasteiger partial charge on any atom is 0.224 e. The van der Waals surface area contributed by atoms with Gasteiger partial charge in [0.05, 0.1) is 34.2 Å². The van der Waals surface area contributed by atoms with Crippen LogP contribution in [0.5, 0.6) is 0 Å². The Morgan fingerprint density at radius 2 is 1.04 bits per heavy atom. The lowest BCUT2D eigenvalue weighted by atomic mass is 10.00. The quantitative estimate of drug-likeness (QED) is 0.193. The molecule has 2 aromatic heterocycles. The number of likely N-dealkylation sites (tertiary alicyclic amines) is 2. The fourth-order valence-electron chi connectivity index (χ4n) is 7.21. The van der Waals surface area contributed by atoms with Gasteiger partial charge in [0.1, 0.15) is 11.6 Å². The molecule has 2 atom stereocenters. The van der Waals surface area contributed by atoms with Crippen molar-refractivity contribution in [1.29, 1.82) is 0 Å². The van der Waals surface area contributed by atoms with Gasteiger partial charge in [-0.2, -0.15) is 0 Å². The highest BCUT2D eigenvalue weighted by Crippen LogP contribution is 2.35. The molecule has 2 amide bonds. The van der Waals surface area contributed by atoms with Crippen molar-refractivity contribution in [3.63, 3.8) is 0 Å². The van der Waals surface area contributed by atoms with Crippen molar-refractivity contribution < 1.29 is 9.59 Å². The Hall–Kier alpha value is -4.54. The van der Waals surface area contributed by atoms with Crippen molar-refractivity contribution >= 4 is 33.9 Å². The number of hydrogen-bond donors (Lipinski definition) is 2. The number of nitrogens with one attached hydrogen (secondary N) is 2. The molecule has 2 saturated heterocycles. The number of amides is 2. The zero-order valence-electron chi connectivity index (χ0n) is 28.5. The number of carbonyl (C=O) groups excluding carboxylic acids is 2. The molecule has 10 heteroatoms. The Morgan fingerprint density at radius 1 is 0.646 bits per heavy atom. The number of hydrogen-bond acceptors (Lipinski definition) is 6. The summed E-state index contributed by atoms with van der Waals surface area (Å²) in [5.74, 6) is 2.15. The number of fused-ring (bicyclic) bond motifs is 2. The summed E-state index contributed by atoms with van der Waals surface area (Å²) >= 11 is 0. The summed E-state index contributed by atoms with van der Waals surface area (Å²) in [6.45, 7) is 3.08. The molecular weight excluding hydrogens is 600 g/mol. The highest BCUT2D eigenvalue weighted by molar-refractivity contribution is 5.85. The minimum Gasteiger partial charge on any atom is -0.340 e. The normalized spacial score (nSPS) is 18.3. The first-order valence-electron chi connectivity index (χ1n) is 17.2. The molecule has 4 heterocycles. The smallest absolute Gasteiger partial charge is 0.224 e. The van der Waals surface area contributed by atoms with E-state index in [2.05, 4.69) is 80.4 Å². The van der Waals surface area contributed by atoms with Crippen molar-refractivity contribution in [3.05, 3.63) is 72.3 Å². The van der Waals surface area contributed by atoms with Gasteiger partial charge in [0.2, 0.25) is 11.8 Å². The van der Waals surface area contributed by atoms with E-state index in [9.17, 15) is 9.59 Å². The van der Waals surface area contributed by atoms with E-state index < -0.39 is 0 Å². The topological polar surface area (TPSA) is 104 Å². The second kappa shape index (κ2) is 13.5. The molecule has 2 aliphatic heterocycles. The van der Waals surface area contributed by atoms with Crippen LogP contribution in [-0.2, 0) is 9.59 Å². The van der Waals surface area contributed by atoms with E-state index in [1.807, 2.05) is 38.0 Å². The van der Waals surface area contributed by atoms with Crippen LogP contribution in [0.3, 0.4) is 0 Å². The lowest BCUT2D eigenvalue weighted by molar-refractivity contribution is -0.133. The molecule has 5 aromatic rings. The van der Waals surface area contributed by atoms with Gasteiger partial charge in [-0.3, -0.25) is 9.59 Å². The molecule has 0 spiro atoms. The second-order valence-electron chi connectivity index (χ2n) is 13.9. The fraction of sp³-hybridized carbons (Fsp3) is 0.421. The Balaban J connectivity index is 1.06. The summed E-state index contributed by atoms with van der Waals surface area (Å²) < 4.78 is 0. The first-order chi connectivity index (χ1) is 23.2. The van der Waals surface area contributed by atoms with E-state index in [1.54, 1.807) is 0 Å². The Morgan fingerprint density at radius 3 is 1.44 bits per heavy atom. The summed E-state index contributed by atoms with van der Waals surface area (Å²) in [4.78, 5) is 50.9. The molecule has 2 aliphatic rings. The maximum absolute atomic E-state index is 12.9. The molecule has 0 radical (unpaired) electrons. The van der Waals surface area contributed by atoms with Gasteiger partial charge in [-0.1, -0.05) is 36.4 Å². The van der Waals surface area contributed by atoms with E-state index >= 15 is 0 Å². The largest absolute Gasteiger partial charge is 0.340 e. The average molecular weight is 647 g/mol. The molecular formula is C38H46N8O2. The predicted molar refractivity (Wildman–Crippen MR) is 190 cm³/mol. The zero-order chi connectivity index (χ0) is 33.4. The third-order valence-corrected chi connectivity index (χ3v) is 9.88. The number of imidazole rings is 2. The summed E-state index contributed by atoms with van der Waals surface area (Å²) in [5, 5.41) is 0. The molecule has 7 rings (SSSR count). The van der Waals surface area contributed by atoms with E-state index in [4.69, 9.17) is 9.97 Å². The molecule has 0 unspecified atom stereocenters. The fourth-order valence-corrected chi connectivity index (χ4v) is 7.21. The molecule has 48 heavy (non-hydrogen) atoms. The molecule has 250 valence electrons. The Labute approximate surface area is 282 Å². The van der Waals surface area contributed by atoms with Gasteiger partial charge in [-0.25, -0.2) is 9.97 Å². The van der Waals surface area contributed by atoms with Crippen LogP contribution >= 0.6 is 0 Å². The molecule has 2 N–H and O–H groups in total. The first kappa shape index (κ1) is 32.0. The van der Waals surface area contributed by atoms with Crippen LogP contribution in [-0.4, -0.2) is 106 Å². The zero-order valence-corrected chi connectivity index (χ0v) is 28.5. The van der Waals surface area contributed by atoms with Gasteiger partial charge < -0.3 is 29.6 Å². The average Bonchev–Trinajstić information content (AvgIpc) is 3.90. The van der Waals surface area contributed by atoms with Crippen molar-refractivity contribution in [3.8, 4) is 22.3 Å². The maximum atomic E-state index is 12.9. The molecule has 0 bridgehead atoms. The lowest BCUT2D eigenvalue weighted by Crippen LogP contribution is -2.33. The van der Waals surface area contributed by atoms with Crippen LogP contribution in [0.25, 0.3) is 44.3 Å². The van der Waals surface area contributed by atoms with Crippen molar-refractivity contribution in [1.82, 2.24) is 39.5 Å². The van der Waals surface area contributed by atoms with Gasteiger partial charge in [0.15, 0.2) is 0 Å². The van der Waals surface area contributed by atoms with E-state index in [0.29, 0.717) is 12.8 Å². The van der Waals surface area contributed by atoms with Crippen LogP contribution in [0.1, 0.15) is 62.3 Å². The summed E-state index contributed by atoms with van der Waals surface area (Å²) in [6.07, 6.45) is 4.92. The predicted octanol–water partition coefficient (Wildman–Crippen LogP) is 6.00. The summed E-state index contributed by atoms with van der Waals surface area (Å²) in [5.41, 5.74) is 8.30. The number of carbonyl (C=O) groups is 2. The first-order valence-corrected chi connectivity index (χ1v) is 17.2. The number of aromatic amines is 2. The van der Waals surface area contributed by atoms with Crippen molar-refractivity contribution in [2.45, 2.75) is 50.6 Å². The van der Waals surface area contributed by atoms with E-state index in [1.165, 1.54) is 0 Å². The molecule has 3 aromatic carbocycles. The van der Waals surface area contributed by atoms with Crippen molar-refractivity contribution in [2.24, 2.45) is 0 Å². The molecule has 2 fully saturated rings. The highest BCUT2D eigenvalue weighted by Gasteiger charge is 2.33. The van der Waals surface area contributed by atoms with Crippen LogP contribution in [0.15, 0.2) is 60.7 Å². The number of benzene rings is 3. The third-order valence-electron chi connectivity index (χ3n) is 9.88. The van der Waals surface area contributed by atoms with Gasteiger partial charge >= 0.3 is 0 Å². The minimum absolute atomic E-state index is 0.00533. The van der Waals surface area contributed by atoms with E-state index in [-0.39, 0.29) is 23.9 Å². The van der Waals surface area contributed by atoms with Gasteiger partial charge in [-0.15, -0.1) is 0 Å². The van der Waals surface area contributed by atoms with Crippen LogP contribution in [0.4, 0.5) is 0 Å². The van der Waals surface area contributed by atoms with Crippen LogP contribution in [0.2, 0.25) is 0 Å². The minimum atomic E-state index is 0.00533. The standard InChI is InChI=1S/C38H46N8O2/c1-43(2)21-17-35(47)45-19-5-7-33(45)37-39-29-15-13-27(23-31(29)41-37)25-9-11-26(12-10-25)28-14-16-30-32(24-28)42-38(40-30)34-8-6-20-46(34)36(48)18-22-44(3)4/h9-16,23-24,33-34H,5-8,17-22H2,1-4H3,(H,39,41)(H,40,42)/t33-,34+. The van der Waals surface area contributed by atoms with Gasteiger partial charge in [0, 0.05) is 39.0 Å².